The smallest absolute Gasteiger partial charge is 0.183 e. The van der Waals surface area contributed by atoms with Gasteiger partial charge in [-0.2, -0.15) is 0 Å². The van der Waals surface area contributed by atoms with Crippen LogP contribution in [0.3, 0.4) is 0 Å². The van der Waals surface area contributed by atoms with Crippen LogP contribution in [0.15, 0.2) is 50.3 Å². The second-order valence-corrected chi connectivity index (χ2v) is 10.4. The fourth-order valence-electron chi connectivity index (χ4n) is 4.67. The van der Waals surface area contributed by atoms with E-state index in [2.05, 4.69) is 44.0 Å². The van der Waals surface area contributed by atoms with Crippen LogP contribution in [0.4, 0.5) is 5.82 Å². The van der Waals surface area contributed by atoms with Gasteiger partial charge in [0, 0.05) is 33.5 Å². The highest BCUT2D eigenvalue weighted by Crippen LogP contribution is 2.58. The highest BCUT2D eigenvalue weighted by molar-refractivity contribution is 9.10. The van der Waals surface area contributed by atoms with Gasteiger partial charge in [0.2, 0.25) is 0 Å². The maximum absolute atomic E-state index is 6.00. The van der Waals surface area contributed by atoms with Crippen molar-refractivity contribution in [2.75, 3.05) is 25.0 Å². The number of benzene rings is 2. The van der Waals surface area contributed by atoms with Gasteiger partial charge in [-0.3, -0.25) is 0 Å². The van der Waals surface area contributed by atoms with Gasteiger partial charge in [-0.25, -0.2) is 0 Å². The van der Waals surface area contributed by atoms with Crippen molar-refractivity contribution in [2.24, 2.45) is 0 Å². The highest BCUT2D eigenvalue weighted by atomic mass is 79.9. The number of methoxy groups -OCH3 is 1. The van der Waals surface area contributed by atoms with Crippen molar-refractivity contribution in [1.82, 2.24) is 5.16 Å². The Morgan fingerprint density at radius 1 is 1.22 bits per heavy atom. The van der Waals surface area contributed by atoms with Gasteiger partial charge in [0.1, 0.15) is 17.6 Å². The molecule has 1 saturated heterocycles. The number of halogens is 1. The lowest BCUT2D eigenvalue weighted by molar-refractivity contribution is 0.141. The van der Waals surface area contributed by atoms with Gasteiger partial charge < -0.3 is 23.5 Å². The zero-order valence-electron chi connectivity index (χ0n) is 17.7. The summed E-state index contributed by atoms with van der Waals surface area (Å²) in [5, 5.41) is 4.37. The molecule has 8 heteroatoms. The van der Waals surface area contributed by atoms with Crippen molar-refractivity contribution in [2.45, 2.75) is 42.1 Å². The molecule has 1 aromatic heterocycles. The normalized spacial score (nSPS) is 20.0. The maximum Gasteiger partial charge on any atom is 0.183 e. The summed E-state index contributed by atoms with van der Waals surface area (Å²) < 4.78 is 27.3. The summed E-state index contributed by atoms with van der Waals surface area (Å²) in [4.78, 5) is 0.958. The van der Waals surface area contributed by atoms with Crippen molar-refractivity contribution in [1.29, 1.82) is 0 Å². The van der Waals surface area contributed by atoms with Crippen LogP contribution in [-0.4, -0.2) is 31.6 Å². The minimum atomic E-state index is 0.107. The molecule has 2 aliphatic carbocycles. The van der Waals surface area contributed by atoms with Gasteiger partial charge in [0.05, 0.1) is 25.2 Å². The molecule has 32 heavy (non-hydrogen) atoms. The third-order valence-electron chi connectivity index (χ3n) is 6.54. The fraction of sp³-hybridized carbons (Fsp3) is 0.375. The Bertz CT molecular complexity index is 1170. The Kier molecular flexibility index (Phi) is 5.12. The van der Waals surface area contributed by atoms with Crippen molar-refractivity contribution in [3.8, 4) is 22.8 Å². The van der Waals surface area contributed by atoms with Crippen LogP contribution in [0.1, 0.15) is 30.4 Å². The minimum Gasteiger partial charge on any atom is -0.495 e. The monoisotopic (exact) mass is 514 g/mol. The number of aromatic nitrogens is 1. The van der Waals surface area contributed by atoms with E-state index in [9.17, 15) is 0 Å². The summed E-state index contributed by atoms with van der Waals surface area (Å²) >= 11 is 5.08. The molecule has 1 aliphatic heterocycles. The van der Waals surface area contributed by atoms with Gasteiger partial charge in [0.25, 0.3) is 0 Å². The molecule has 1 unspecified atom stereocenters. The van der Waals surface area contributed by atoms with E-state index in [-0.39, 0.29) is 11.5 Å². The molecule has 0 bridgehead atoms. The topological polar surface area (TPSA) is 65.8 Å². The first-order valence-corrected chi connectivity index (χ1v) is 12.4. The number of hydrogen-bond acceptors (Lipinski definition) is 7. The summed E-state index contributed by atoms with van der Waals surface area (Å²) in [5.41, 5.74) is 3.92. The first-order valence-electron chi connectivity index (χ1n) is 10.8. The predicted octanol–water partition coefficient (Wildman–Crippen LogP) is 5.99. The van der Waals surface area contributed by atoms with Crippen LogP contribution in [0.2, 0.25) is 0 Å². The van der Waals surface area contributed by atoms with E-state index in [4.69, 9.17) is 18.7 Å². The maximum atomic E-state index is 6.00. The lowest BCUT2D eigenvalue weighted by atomic mass is 9.79. The third-order valence-corrected chi connectivity index (χ3v) is 7.88. The van der Waals surface area contributed by atoms with E-state index in [1.807, 2.05) is 18.2 Å². The number of rotatable bonds is 6. The zero-order chi connectivity index (χ0) is 21.7. The molecule has 2 heterocycles. The first kappa shape index (κ1) is 20.4. The van der Waals surface area contributed by atoms with Gasteiger partial charge in [0.15, 0.2) is 11.6 Å². The summed E-state index contributed by atoms with van der Waals surface area (Å²) in [6.07, 6.45) is 4.39. The van der Waals surface area contributed by atoms with Crippen molar-refractivity contribution < 1.29 is 18.7 Å². The number of anilines is 1. The molecule has 6 nitrogen and oxygen atoms in total. The standard InChI is InChI=1S/C24H23BrN2O4S/c1-28-20-11-15(30-16-6-9-29-13-16)3-5-21(20)32-27-23-18-12-24(7-8-24)19-4-2-14(25)10-17(19)22(18)31-26-23/h2-5,10-11,16H,6-9,12-13H2,1H3,(H,26,27). The molecule has 1 saturated carbocycles. The zero-order valence-corrected chi connectivity index (χ0v) is 20.1. The summed E-state index contributed by atoms with van der Waals surface area (Å²) in [6, 6.07) is 12.4. The highest BCUT2D eigenvalue weighted by Gasteiger charge is 2.50. The van der Waals surface area contributed by atoms with E-state index in [0.717, 1.165) is 63.0 Å². The Balaban J connectivity index is 1.23. The minimum absolute atomic E-state index is 0.107. The molecule has 1 spiro atoms. The molecular weight excluding hydrogens is 492 g/mol. The average Bonchev–Trinajstić information content (AvgIpc) is 3.18. The Morgan fingerprint density at radius 3 is 2.91 bits per heavy atom. The third kappa shape index (κ3) is 3.58. The molecule has 0 radical (unpaired) electrons. The Morgan fingerprint density at radius 2 is 2.12 bits per heavy atom. The molecule has 3 aromatic rings. The Labute approximate surface area is 199 Å². The van der Waals surface area contributed by atoms with Crippen molar-refractivity contribution >= 4 is 33.7 Å². The lowest BCUT2D eigenvalue weighted by Gasteiger charge is -2.24. The number of fused-ring (bicyclic) bond motifs is 4. The van der Waals surface area contributed by atoms with Crippen molar-refractivity contribution in [3.63, 3.8) is 0 Å². The predicted molar refractivity (Wildman–Crippen MR) is 127 cm³/mol. The second-order valence-electron chi connectivity index (χ2n) is 8.61. The summed E-state index contributed by atoms with van der Waals surface area (Å²) in [6.45, 7) is 1.39. The largest absolute Gasteiger partial charge is 0.495 e. The van der Waals surface area contributed by atoms with Crippen LogP contribution in [-0.2, 0) is 16.6 Å². The Hall–Kier alpha value is -2.16. The fourth-order valence-corrected chi connectivity index (χ4v) is 5.78. The molecule has 2 fully saturated rings. The summed E-state index contributed by atoms with van der Waals surface area (Å²) in [5.74, 6) is 3.20. The number of nitrogens with one attached hydrogen (secondary N) is 1. The van der Waals surface area contributed by atoms with Crippen LogP contribution in [0.5, 0.6) is 11.5 Å². The number of ether oxygens (including phenoxy) is 3. The lowest BCUT2D eigenvalue weighted by Crippen LogP contribution is -2.17. The molecule has 3 aliphatic rings. The second kappa shape index (κ2) is 8.01. The van der Waals surface area contributed by atoms with E-state index in [1.165, 1.54) is 30.4 Å². The van der Waals surface area contributed by atoms with Crippen molar-refractivity contribution in [3.05, 3.63) is 52.0 Å². The molecular formula is C24H23BrN2O4S. The number of hydrogen-bond donors (Lipinski definition) is 1. The van der Waals surface area contributed by atoms with Crippen LogP contribution < -0.4 is 14.2 Å². The van der Waals surface area contributed by atoms with Gasteiger partial charge >= 0.3 is 0 Å². The molecule has 1 N–H and O–H groups in total. The molecule has 1 atom stereocenters. The van der Waals surface area contributed by atoms with Gasteiger partial charge in [-0.1, -0.05) is 27.2 Å². The van der Waals surface area contributed by atoms with E-state index in [1.54, 1.807) is 7.11 Å². The van der Waals surface area contributed by atoms with Crippen LogP contribution in [0, 0.1) is 0 Å². The average molecular weight is 515 g/mol. The van der Waals surface area contributed by atoms with Gasteiger partial charge in [-0.05, 0) is 61.0 Å². The molecule has 166 valence electrons. The quantitative estimate of drug-likeness (QED) is 0.405. The van der Waals surface area contributed by atoms with E-state index < -0.39 is 0 Å². The molecule has 0 amide bonds. The van der Waals surface area contributed by atoms with Crippen LogP contribution >= 0.6 is 27.9 Å². The SMILES string of the molecule is COc1cc(OC2CCOC2)ccc1SNc1noc2c1CC1(CC1)c1ccc(Br)cc1-2. The molecule has 6 rings (SSSR count). The van der Waals surface area contributed by atoms with Crippen LogP contribution in [0.25, 0.3) is 11.3 Å². The van der Waals surface area contributed by atoms with E-state index >= 15 is 0 Å². The van der Waals surface area contributed by atoms with E-state index in [0.29, 0.717) is 6.61 Å². The first-order chi connectivity index (χ1) is 15.6. The number of nitrogens with zero attached hydrogens (tertiary/aromatic N) is 1. The molecule has 2 aromatic carbocycles. The van der Waals surface area contributed by atoms with Gasteiger partial charge in [-0.15, -0.1) is 0 Å². The summed E-state index contributed by atoms with van der Waals surface area (Å²) in [7, 11) is 1.67.